The zero-order valence-electron chi connectivity index (χ0n) is 15.8. The topological polar surface area (TPSA) is 74.5 Å². The number of furan rings is 1. The van der Waals surface area contributed by atoms with Gasteiger partial charge in [-0.05, 0) is 31.2 Å². The molecule has 1 N–H and O–H groups in total. The largest absolute Gasteiger partial charge is 0.469 e. The quantitative estimate of drug-likeness (QED) is 0.737. The number of pyridine rings is 2. The summed E-state index contributed by atoms with van der Waals surface area (Å²) in [6, 6.07) is 11.6. The van der Waals surface area contributed by atoms with Crippen molar-refractivity contribution in [2.24, 2.45) is 0 Å². The zero-order chi connectivity index (χ0) is 19.3. The minimum absolute atomic E-state index is 0.138. The van der Waals surface area contributed by atoms with E-state index in [2.05, 4.69) is 25.1 Å². The molecule has 7 nitrogen and oxygen atoms in total. The third-order valence-electron chi connectivity index (χ3n) is 4.96. The molecule has 1 saturated heterocycles. The molecule has 0 radical (unpaired) electrons. The molecule has 144 valence electrons. The Hall–Kier alpha value is -3.35. The lowest BCUT2D eigenvalue weighted by atomic mass is 10.2. The summed E-state index contributed by atoms with van der Waals surface area (Å²) in [7, 11) is 0. The maximum Gasteiger partial charge on any atom is 0.255 e. The van der Waals surface area contributed by atoms with Crippen molar-refractivity contribution >= 4 is 17.5 Å². The molecule has 0 spiro atoms. The maximum absolute atomic E-state index is 12.4. The Bertz CT molecular complexity index is 933. The van der Waals surface area contributed by atoms with Crippen molar-refractivity contribution in [2.45, 2.75) is 13.5 Å². The number of amides is 1. The normalized spacial score (nSPS) is 14.2. The Morgan fingerprint density at radius 2 is 1.82 bits per heavy atom. The fourth-order valence-corrected chi connectivity index (χ4v) is 3.43. The predicted octanol–water partition coefficient (Wildman–Crippen LogP) is 2.63. The minimum Gasteiger partial charge on any atom is -0.469 e. The number of carbonyl (C=O) groups is 1. The van der Waals surface area contributed by atoms with Crippen LogP contribution >= 0.6 is 0 Å². The van der Waals surface area contributed by atoms with Crippen LogP contribution in [0, 0.1) is 6.92 Å². The molecule has 3 aromatic rings. The number of hydrogen-bond donors (Lipinski definition) is 1. The summed E-state index contributed by atoms with van der Waals surface area (Å²) in [6.45, 7) is 5.69. The van der Waals surface area contributed by atoms with E-state index >= 15 is 0 Å². The van der Waals surface area contributed by atoms with Crippen molar-refractivity contribution in [2.75, 3.05) is 36.0 Å². The lowest BCUT2D eigenvalue weighted by molar-refractivity contribution is 0.0949. The lowest BCUT2D eigenvalue weighted by Gasteiger charge is -2.36. The summed E-state index contributed by atoms with van der Waals surface area (Å²) in [4.78, 5) is 25.9. The molecule has 3 aromatic heterocycles. The Morgan fingerprint density at radius 1 is 1.04 bits per heavy atom. The second kappa shape index (κ2) is 8.12. The molecule has 0 unspecified atom stereocenters. The van der Waals surface area contributed by atoms with E-state index in [0.717, 1.165) is 43.4 Å². The van der Waals surface area contributed by atoms with E-state index < -0.39 is 0 Å². The van der Waals surface area contributed by atoms with Gasteiger partial charge in [-0.1, -0.05) is 12.1 Å². The third-order valence-corrected chi connectivity index (χ3v) is 4.96. The van der Waals surface area contributed by atoms with Crippen LogP contribution in [-0.4, -0.2) is 42.1 Å². The minimum atomic E-state index is -0.138. The zero-order valence-corrected chi connectivity index (χ0v) is 15.8. The van der Waals surface area contributed by atoms with Gasteiger partial charge in [0.15, 0.2) is 0 Å². The van der Waals surface area contributed by atoms with Crippen molar-refractivity contribution in [1.82, 2.24) is 15.3 Å². The average Bonchev–Trinajstić information content (AvgIpc) is 3.19. The number of anilines is 2. The summed E-state index contributed by atoms with van der Waals surface area (Å²) >= 11 is 0. The number of carbonyl (C=O) groups excluding carboxylic acids is 1. The molecule has 1 amide bonds. The average molecular weight is 377 g/mol. The van der Waals surface area contributed by atoms with Crippen LogP contribution in [0.2, 0.25) is 0 Å². The van der Waals surface area contributed by atoms with Crippen molar-refractivity contribution in [3.8, 4) is 0 Å². The molecular weight excluding hydrogens is 354 g/mol. The predicted molar refractivity (Wildman–Crippen MR) is 108 cm³/mol. The van der Waals surface area contributed by atoms with Gasteiger partial charge in [-0.25, -0.2) is 9.97 Å². The van der Waals surface area contributed by atoms with Gasteiger partial charge in [0.05, 0.1) is 11.8 Å². The van der Waals surface area contributed by atoms with E-state index in [1.54, 1.807) is 19.2 Å². The fourth-order valence-electron chi connectivity index (χ4n) is 3.43. The Morgan fingerprint density at radius 3 is 2.54 bits per heavy atom. The molecule has 0 atom stereocenters. The lowest BCUT2D eigenvalue weighted by Crippen LogP contribution is -2.47. The second-order valence-electron chi connectivity index (χ2n) is 6.72. The molecule has 4 rings (SSSR count). The molecular formula is C21H23N5O2. The van der Waals surface area contributed by atoms with Gasteiger partial charge >= 0.3 is 0 Å². The maximum atomic E-state index is 12.4. The number of nitrogens with one attached hydrogen (secondary N) is 1. The standard InChI is InChI=1S/C21H23N5O2/c1-16-18(7-14-28-16)21(27)24-15-17-5-4-9-23-20(17)26-12-10-25(11-13-26)19-6-2-3-8-22-19/h2-9,14H,10-13,15H2,1H3,(H,24,27). The number of aryl methyl sites for hydroxylation is 1. The first-order chi connectivity index (χ1) is 13.7. The second-order valence-corrected chi connectivity index (χ2v) is 6.72. The van der Waals surface area contributed by atoms with Crippen LogP contribution < -0.4 is 15.1 Å². The van der Waals surface area contributed by atoms with Crippen LogP contribution in [0.3, 0.4) is 0 Å². The van der Waals surface area contributed by atoms with E-state index in [1.165, 1.54) is 6.26 Å². The first-order valence-electron chi connectivity index (χ1n) is 9.39. The van der Waals surface area contributed by atoms with Crippen molar-refractivity contribution < 1.29 is 9.21 Å². The van der Waals surface area contributed by atoms with Gasteiger partial charge in [0.2, 0.25) is 0 Å². The number of piperazine rings is 1. The first kappa shape index (κ1) is 18.0. The highest BCUT2D eigenvalue weighted by atomic mass is 16.3. The summed E-state index contributed by atoms with van der Waals surface area (Å²) in [5.74, 6) is 2.41. The Labute approximate surface area is 164 Å². The van der Waals surface area contributed by atoms with E-state index in [4.69, 9.17) is 4.42 Å². The molecule has 7 heteroatoms. The van der Waals surface area contributed by atoms with Gasteiger partial charge in [0.1, 0.15) is 17.4 Å². The van der Waals surface area contributed by atoms with Crippen molar-refractivity contribution in [1.29, 1.82) is 0 Å². The van der Waals surface area contributed by atoms with E-state index in [-0.39, 0.29) is 5.91 Å². The van der Waals surface area contributed by atoms with Crippen LogP contribution in [0.1, 0.15) is 21.7 Å². The van der Waals surface area contributed by atoms with Crippen LogP contribution in [-0.2, 0) is 6.54 Å². The Kier molecular flexibility index (Phi) is 5.23. The van der Waals surface area contributed by atoms with E-state index in [0.29, 0.717) is 17.9 Å². The van der Waals surface area contributed by atoms with Crippen LogP contribution in [0.15, 0.2) is 59.5 Å². The number of nitrogens with zero attached hydrogens (tertiary/aromatic N) is 4. The van der Waals surface area contributed by atoms with E-state index in [9.17, 15) is 4.79 Å². The van der Waals surface area contributed by atoms with Gasteiger partial charge in [-0.15, -0.1) is 0 Å². The molecule has 28 heavy (non-hydrogen) atoms. The van der Waals surface area contributed by atoms with Gasteiger partial charge in [0, 0.05) is 50.7 Å². The molecule has 1 aliphatic rings. The Balaban J connectivity index is 1.41. The summed E-state index contributed by atoms with van der Waals surface area (Å²) in [5, 5.41) is 2.97. The van der Waals surface area contributed by atoms with Crippen LogP contribution in [0.4, 0.5) is 11.6 Å². The van der Waals surface area contributed by atoms with Gasteiger partial charge in [-0.3, -0.25) is 4.79 Å². The molecule has 1 aliphatic heterocycles. The van der Waals surface area contributed by atoms with Crippen molar-refractivity contribution in [3.63, 3.8) is 0 Å². The first-order valence-corrected chi connectivity index (χ1v) is 9.39. The molecule has 0 saturated carbocycles. The van der Waals surface area contributed by atoms with Crippen molar-refractivity contribution in [3.05, 3.63) is 71.9 Å². The molecule has 0 aromatic carbocycles. The molecule has 1 fully saturated rings. The van der Waals surface area contributed by atoms with Crippen LogP contribution in [0.5, 0.6) is 0 Å². The van der Waals surface area contributed by atoms with Crippen LogP contribution in [0.25, 0.3) is 0 Å². The summed E-state index contributed by atoms with van der Waals surface area (Å²) < 4.78 is 5.21. The summed E-state index contributed by atoms with van der Waals surface area (Å²) in [6.07, 6.45) is 5.15. The number of aromatic nitrogens is 2. The monoisotopic (exact) mass is 377 g/mol. The molecule has 0 bridgehead atoms. The highest BCUT2D eigenvalue weighted by molar-refractivity contribution is 5.95. The highest BCUT2D eigenvalue weighted by Crippen LogP contribution is 2.21. The summed E-state index contributed by atoms with van der Waals surface area (Å²) in [5.41, 5.74) is 1.57. The highest BCUT2D eigenvalue weighted by Gasteiger charge is 2.21. The van der Waals surface area contributed by atoms with E-state index in [1.807, 2.05) is 36.5 Å². The van der Waals surface area contributed by atoms with Gasteiger partial charge in [-0.2, -0.15) is 0 Å². The fraction of sp³-hybridized carbons (Fsp3) is 0.286. The molecule has 4 heterocycles. The van der Waals surface area contributed by atoms with Gasteiger partial charge in [0.25, 0.3) is 5.91 Å². The smallest absolute Gasteiger partial charge is 0.255 e. The third kappa shape index (κ3) is 3.83. The molecule has 0 aliphatic carbocycles. The number of rotatable bonds is 5. The SMILES string of the molecule is Cc1occc1C(=O)NCc1cccnc1N1CCN(c2ccccn2)CC1. The van der Waals surface area contributed by atoms with Gasteiger partial charge < -0.3 is 19.5 Å². The number of hydrogen-bond acceptors (Lipinski definition) is 6.